The lowest BCUT2D eigenvalue weighted by atomic mass is 10.2. The predicted molar refractivity (Wildman–Crippen MR) is 96.1 cm³/mol. The molecule has 2 aromatic carbocycles. The van der Waals surface area contributed by atoms with E-state index in [-0.39, 0.29) is 5.91 Å². The van der Waals surface area contributed by atoms with E-state index in [1.54, 1.807) is 18.9 Å². The fourth-order valence-corrected chi connectivity index (χ4v) is 2.70. The Hall–Kier alpha value is -2.14. The number of nitrogens with two attached hydrogens (primary N) is 1. The van der Waals surface area contributed by atoms with Gasteiger partial charge in [-0.25, -0.2) is 0 Å². The Labute approximate surface area is 141 Å². The maximum absolute atomic E-state index is 11.1. The van der Waals surface area contributed by atoms with Crippen LogP contribution in [0.3, 0.4) is 0 Å². The molecule has 0 aliphatic rings. The van der Waals surface area contributed by atoms with Crippen LogP contribution < -0.4 is 15.4 Å². The third kappa shape index (κ3) is 5.21. The Bertz CT molecular complexity index is 626. The van der Waals surface area contributed by atoms with Crippen molar-refractivity contribution < 1.29 is 9.53 Å². The molecule has 2 rings (SSSR count). The first-order valence-electron chi connectivity index (χ1n) is 7.42. The van der Waals surface area contributed by atoms with Gasteiger partial charge in [-0.05, 0) is 48.2 Å². The summed E-state index contributed by atoms with van der Waals surface area (Å²) < 4.78 is 5.20. The highest BCUT2D eigenvalue weighted by molar-refractivity contribution is 7.98. The van der Waals surface area contributed by atoms with Gasteiger partial charge in [-0.1, -0.05) is 12.1 Å². The van der Waals surface area contributed by atoms with Crippen LogP contribution in [-0.4, -0.2) is 25.8 Å². The largest absolute Gasteiger partial charge is 0.497 e. The Morgan fingerprint density at radius 2 is 1.78 bits per heavy atom. The van der Waals surface area contributed by atoms with Crippen LogP contribution >= 0.6 is 11.8 Å². The van der Waals surface area contributed by atoms with Crippen molar-refractivity contribution in [3.63, 3.8) is 0 Å². The zero-order valence-electron chi connectivity index (χ0n) is 13.5. The second-order valence-electron chi connectivity index (χ2n) is 5.18. The van der Waals surface area contributed by atoms with Gasteiger partial charge in [-0.2, -0.15) is 0 Å². The summed E-state index contributed by atoms with van der Waals surface area (Å²) in [5, 5.41) is 0. The minimum absolute atomic E-state index is 0.291. The average Bonchev–Trinajstić information content (AvgIpc) is 2.59. The molecule has 4 nitrogen and oxygen atoms in total. The maximum atomic E-state index is 11.1. The molecule has 0 aromatic heterocycles. The van der Waals surface area contributed by atoms with Crippen molar-refractivity contribution in [3.05, 3.63) is 54.1 Å². The second-order valence-corrected chi connectivity index (χ2v) is 6.06. The molecule has 0 unspecified atom stereocenters. The van der Waals surface area contributed by atoms with Gasteiger partial charge in [0.1, 0.15) is 5.75 Å². The molecule has 5 heteroatoms. The van der Waals surface area contributed by atoms with Crippen LogP contribution in [0, 0.1) is 0 Å². The summed E-state index contributed by atoms with van der Waals surface area (Å²) in [5.41, 5.74) is 7.55. The Balaban J connectivity index is 2.15. The normalized spacial score (nSPS) is 10.3. The molecule has 0 radical (unpaired) electrons. The summed E-state index contributed by atoms with van der Waals surface area (Å²) in [7, 11) is 1.65. The lowest BCUT2D eigenvalue weighted by Crippen LogP contribution is -2.27. The molecule has 0 bridgehead atoms. The number of benzene rings is 2. The Morgan fingerprint density at radius 3 is 2.30 bits per heavy atom. The van der Waals surface area contributed by atoms with Crippen molar-refractivity contribution >= 4 is 23.4 Å². The van der Waals surface area contributed by atoms with E-state index < -0.39 is 0 Å². The monoisotopic (exact) mass is 330 g/mol. The van der Waals surface area contributed by atoms with E-state index in [9.17, 15) is 4.79 Å². The topological polar surface area (TPSA) is 55.6 Å². The summed E-state index contributed by atoms with van der Waals surface area (Å²) in [6, 6.07) is 16.3. The van der Waals surface area contributed by atoms with Crippen LogP contribution in [0.4, 0.5) is 5.69 Å². The molecule has 0 fully saturated rings. The van der Waals surface area contributed by atoms with Gasteiger partial charge in [0.05, 0.1) is 7.11 Å². The molecule has 0 aliphatic carbocycles. The minimum Gasteiger partial charge on any atom is -0.497 e. The number of hydrogen-bond donors (Lipinski definition) is 1. The van der Waals surface area contributed by atoms with E-state index in [1.807, 2.05) is 24.3 Å². The van der Waals surface area contributed by atoms with Crippen LogP contribution in [-0.2, 0) is 11.3 Å². The predicted octanol–water partition coefficient (Wildman–Crippen LogP) is 3.30. The van der Waals surface area contributed by atoms with E-state index in [0.717, 1.165) is 18.0 Å². The number of nitrogens with zero attached hydrogens (tertiary/aromatic N) is 1. The SMILES string of the molecule is COc1ccc(N(CCC(N)=O)Cc2ccc(SC)cc2)cc1. The molecule has 0 aliphatic heterocycles. The molecule has 0 heterocycles. The van der Waals surface area contributed by atoms with Crippen molar-refractivity contribution in [1.82, 2.24) is 0 Å². The van der Waals surface area contributed by atoms with Crippen LogP contribution in [0.25, 0.3) is 0 Å². The molecule has 0 spiro atoms. The van der Waals surface area contributed by atoms with E-state index in [1.165, 1.54) is 10.5 Å². The fraction of sp³-hybridized carbons (Fsp3) is 0.278. The molecule has 23 heavy (non-hydrogen) atoms. The van der Waals surface area contributed by atoms with Crippen LogP contribution in [0.5, 0.6) is 5.75 Å². The van der Waals surface area contributed by atoms with Gasteiger partial charge in [0.2, 0.25) is 5.91 Å². The first-order valence-corrected chi connectivity index (χ1v) is 8.65. The first-order chi connectivity index (χ1) is 11.1. The highest BCUT2D eigenvalue weighted by atomic mass is 32.2. The van der Waals surface area contributed by atoms with Crippen molar-refractivity contribution in [3.8, 4) is 5.75 Å². The van der Waals surface area contributed by atoms with Gasteiger partial charge < -0.3 is 15.4 Å². The molecule has 2 N–H and O–H groups in total. The average molecular weight is 330 g/mol. The van der Waals surface area contributed by atoms with Crippen molar-refractivity contribution in [1.29, 1.82) is 0 Å². The number of anilines is 1. The smallest absolute Gasteiger partial charge is 0.219 e. The molecule has 1 amide bonds. The summed E-state index contributed by atoms with van der Waals surface area (Å²) in [6.45, 7) is 1.32. The molecule has 0 atom stereocenters. The number of amides is 1. The van der Waals surface area contributed by atoms with E-state index in [2.05, 4.69) is 35.4 Å². The molecule has 0 saturated carbocycles. The summed E-state index contributed by atoms with van der Waals surface area (Å²) in [4.78, 5) is 14.5. The lowest BCUT2D eigenvalue weighted by molar-refractivity contribution is -0.117. The highest BCUT2D eigenvalue weighted by Gasteiger charge is 2.09. The molecular formula is C18H22N2O2S. The van der Waals surface area contributed by atoms with Crippen LogP contribution in [0.15, 0.2) is 53.4 Å². The van der Waals surface area contributed by atoms with Crippen molar-refractivity contribution in [2.24, 2.45) is 5.73 Å². The number of primary amides is 1. The Kier molecular flexibility index (Phi) is 6.35. The van der Waals surface area contributed by atoms with Crippen molar-refractivity contribution in [2.45, 2.75) is 17.9 Å². The zero-order chi connectivity index (χ0) is 16.7. The van der Waals surface area contributed by atoms with Crippen LogP contribution in [0.2, 0.25) is 0 Å². The third-order valence-electron chi connectivity index (χ3n) is 3.60. The summed E-state index contributed by atoms with van der Waals surface area (Å²) >= 11 is 1.72. The molecular weight excluding hydrogens is 308 g/mol. The lowest BCUT2D eigenvalue weighted by Gasteiger charge is -2.25. The maximum Gasteiger partial charge on any atom is 0.219 e. The number of thioether (sulfide) groups is 1. The summed E-state index contributed by atoms with van der Waals surface area (Å²) in [6.07, 6.45) is 2.39. The number of carbonyl (C=O) groups excluding carboxylic acids is 1. The minimum atomic E-state index is -0.291. The van der Waals surface area contributed by atoms with Crippen molar-refractivity contribution in [2.75, 3.05) is 24.8 Å². The number of carbonyl (C=O) groups is 1. The number of methoxy groups -OCH3 is 1. The quantitative estimate of drug-likeness (QED) is 0.755. The number of rotatable bonds is 8. The molecule has 122 valence electrons. The van der Waals surface area contributed by atoms with Gasteiger partial charge >= 0.3 is 0 Å². The van der Waals surface area contributed by atoms with Gasteiger partial charge in [-0.15, -0.1) is 11.8 Å². The third-order valence-corrected chi connectivity index (χ3v) is 4.34. The van der Waals surface area contributed by atoms with E-state index in [0.29, 0.717) is 13.0 Å². The van der Waals surface area contributed by atoms with Gasteiger partial charge in [-0.3, -0.25) is 4.79 Å². The standard InChI is InChI=1S/C18H22N2O2S/c1-22-16-7-5-15(6-8-16)20(12-11-18(19)21)13-14-3-9-17(23-2)10-4-14/h3-10H,11-13H2,1-2H3,(H2,19,21). The molecule has 2 aromatic rings. The fourth-order valence-electron chi connectivity index (χ4n) is 2.29. The van der Waals surface area contributed by atoms with Gasteiger partial charge in [0, 0.05) is 30.1 Å². The van der Waals surface area contributed by atoms with Gasteiger partial charge in [0.15, 0.2) is 0 Å². The number of hydrogen-bond acceptors (Lipinski definition) is 4. The van der Waals surface area contributed by atoms with Crippen LogP contribution in [0.1, 0.15) is 12.0 Å². The van der Waals surface area contributed by atoms with Gasteiger partial charge in [0.25, 0.3) is 0 Å². The first kappa shape index (κ1) is 17.2. The number of ether oxygens (including phenoxy) is 1. The summed E-state index contributed by atoms with van der Waals surface area (Å²) in [5.74, 6) is 0.522. The Morgan fingerprint density at radius 1 is 1.13 bits per heavy atom. The van der Waals surface area contributed by atoms with E-state index in [4.69, 9.17) is 10.5 Å². The highest BCUT2D eigenvalue weighted by Crippen LogP contribution is 2.22. The zero-order valence-corrected chi connectivity index (χ0v) is 14.3. The molecule has 0 saturated heterocycles. The second kappa shape index (κ2) is 8.48. The van der Waals surface area contributed by atoms with E-state index >= 15 is 0 Å².